The second-order valence-electron chi connectivity index (χ2n) is 4.04. The van der Waals surface area contributed by atoms with Gasteiger partial charge in [0.05, 0.1) is 22.2 Å². The van der Waals surface area contributed by atoms with E-state index < -0.39 is 4.92 Å². The highest BCUT2D eigenvalue weighted by Gasteiger charge is 2.11. The molecule has 0 fully saturated rings. The van der Waals surface area contributed by atoms with Crippen molar-refractivity contribution in [1.29, 1.82) is 0 Å². The fraction of sp³-hybridized carbons (Fsp3) is 0.0833. The number of rotatable bonds is 3. The number of benzene rings is 1. The number of fused-ring (bicyclic) bond motifs is 1. The highest BCUT2D eigenvalue weighted by Crippen LogP contribution is 2.22. The number of nitrogens with one attached hydrogen (secondary N) is 1. The molecule has 0 aliphatic rings. The summed E-state index contributed by atoms with van der Waals surface area (Å²) in [7, 11) is 1.77. The Morgan fingerprint density at radius 3 is 2.65 bits per heavy atom. The van der Waals surface area contributed by atoms with Crippen LogP contribution in [0.3, 0.4) is 0 Å². The van der Waals surface area contributed by atoms with Crippen molar-refractivity contribution >= 4 is 22.5 Å². The third-order valence-corrected chi connectivity index (χ3v) is 2.91. The summed E-state index contributed by atoms with van der Waals surface area (Å²) in [6.45, 7) is 0. The molecule has 1 aromatic carbocycles. The maximum atomic E-state index is 10.6. The van der Waals surface area contributed by atoms with Gasteiger partial charge in [-0.1, -0.05) is 0 Å². The summed E-state index contributed by atoms with van der Waals surface area (Å²) in [4.78, 5) is 18.5. The molecule has 0 saturated carbocycles. The van der Waals surface area contributed by atoms with Crippen molar-refractivity contribution in [2.24, 2.45) is 0 Å². The van der Waals surface area contributed by atoms with Gasteiger partial charge in [0.15, 0.2) is 5.65 Å². The van der Waals surface area contributed by atoms with Gasteiger partial charge in [-0.3, -0.25) is 10.1 Å². The Labute approximate surface area is 113 Å². The Morgan fingerprint density at radius 2 is 2.00 bits per heavy atom. The van der Waals surface area contributed by atoms with Crippen LogP contribution in [0.2, 0.25) is 0 Å². The predicted octanol–water partition coefficient (Wildman–Crippen LogP) is 1.77. The van der Waals surface area contributed by atoms with Crippen LogP contribution < -0.4 is 5.32 Å². The topological polar surface area (TPSA) is 98.8 Å². The lowest BCUT2D eigenvalue weighted by molar-refractivity contribution is -0.384. The van der Waals surface area contributed by atoms with Gasteiger partial charge in [-0.2, -0.15) is 5.10 Å². The zero-order chi connectivity index (χ0) is 14.1. The molecule has 100 valence electrons. The molecule has 1 N–H and O–H groups in total. The van der Waals surface area contributed by atoms with E-state index in [2.05, 4.69) is 20.4 Å². The molecule has 0 spiro atoms. The van der Waals surface area contributed by atoms with E-state index in [0.717, 1.165) is 5.39 Å². The summed E-state index contributed by atoms with van der Waals surface area (Å²) in [6, 6.07) is 6.13. The molecule has 8 nitrogen and oxygen atoms in total. The maximum Gasteiger partial charge on any atom is 0.269 e. The largest absolute Gasteiger partial charge is 0.372 e. The maximum absolute atomic E-state index is 10.6. The minimum Gasteiger partial charge on any atom is -0.372 e. The van der Waals surface area contributed by atoms with Crippen LogP contribution in [-0.2, 0) is 0 Å². The van der Waals surface area contributed by atoms with Gasteiger partial charge < -0.3 is 5.32 Å². The van der Waals surface area contributed by atoms with Gasteiger partial charge in [-0.15, -0.1) is 0 Å². The summed E-state index contributed by atoms with van der Waals surface area (Å²) < 4.78 is 1.61. The van der Waals surface area contributed by atoms with Crippen molar-refractivity contribution in [3.05, 3.63) is 46.9 Å². The zero-order valence-corrected chi connectivity index (χ0v) is 10.5. The molecular formula is C12H10N6O2. The molecule has 0 saturated heterocycles. The Bertz CT molecular complexity index is 780. The third kappa shape index (κ3) is 1.83. The first-order valence-corrected chi connectivity index (χ1v) is 5.82. The van der Waals surface area contributed by atoms with Crippen molar-refractivity contribution < 1.29 is 4.92 Å². The molecule has 3 aromatic rings. The highest BCUT2D eigenvalue weighted by molar-refractivity contribution is 5.86. The second-order valence-corrected chi connectivity index (χ2v) is 4.04. The normalized spacial score (nSPS) is 10.7. The molecule has 2 aromatic heterocycles. The quantitative estimate of drug-likeness (QED) is 0.575. The highest BCUT2D eigenvalue weighted by atomic mass is 16.6. The average molecular weight is 270 g/mol. The molecule has 0 bridgehead atoms. The number of non-ortho nitro benzene ring substituents is 1. The lowest BCUT2D eigenvalue weighted by Gasteiger charge is -2.03. The number of nitro groups is 1. The molecule has 0 aliphatic carbocycles. The van der Waals surface area contributed by atoms with Gasteiger partial charge in [0.1, 0.15) is 12.1 Å². The van der Waals surface area contributed by atoms with E-state index in [1.165, 1.54) is 18.5 Å². The monoisotopic (exact) mass is 270 g/mol. The summed E-state index contributed by atoms with van der Waals surface area (Å²) >= 11 is 0. The molecule has 3 rings (SSSR count). The average Bonchev–Trinajstić information content (AvgIpc) is 2.91. The summed E-state index contributed by atoms with van der Waals surface area (Å²) in [5, 5.41) is 18.7. The van der Waals surface area contributed by atoms with E-state index >= 15 is 0 Å². The van der Waals surface area contributed by atoms with Crippen LogP contribution >= 0.6 is 0 Å². The van der Waals surface area contributed by atoms with E-state index in [9.17, 15) is 10.1 Å². The van der Waals surface area contributed by atoms with Crippen molar-refractivity contribution in [1.82, 2.24) is 19.7 Å². The third-order valence-electron chi connectivity index (χ3n) is 2.91. The first-order valence-electron chi connectivity index (χ1n) is 5.82. The van der Waals surface area contributed by atoms with Crippen molar-refractivity contribution in [3.63, 3.8) is 0 Å². The Morgan fingerprint density at radius 1 is 1.25 bits per heavy atom. The second kappa shape index (κ2) is 4.57. The van der Waals surface area contributed by atoms with Crippen LogP contribution in [0.4, 0.5) is 11.5 Å². The Balaban J connectivity index is 2.12. The molecule has 0 unspecified atom stereocenters. The fourth-order valence-corrected chi connectivity index (χ4v) is 1.95. The van der Waals surface area contributed by atoms with E-state index in [4.69, 9.17) is 0 Å². The van der Waals surface area contributed by atoms with E-state index in [0.29, 0.717) is 17.2 Å². The summed E-state index contributed by atoms with van der Waals surface area (Å²) in [5.74, 6) is 0.683. The molecule has 0 amide bonds. The molecule has 0 radical (unpaired) electrons. The zero-order valence-electron chi connectivity index (χ0n) is 10.5. The smallest absolute Gasteiger partial charge is 0.269 e. The minimum atomic E-state index is -0.438. The number of nitrogens with zero attached hydrogens (tertiary/aromatic N) is 5. The molecule has 8 heteroatoms. The predicted molar refractivity (Wildman–Crippen MR) is 72.9 cm³/mol. The van der Waals surface area contributed by atoms with Crippen LogP contribution in [-0.4, -0.2) is 31.7 Å². The lowest BCUT2D eigenvalue weighted by atomic mass is 10.3. The van der Waals surface area contributed by atoms with Gasteiger partial charge in [0, 0.05) is 19.2 Å². The van der Waals surface area contributed by atoms with Crippen LogP contribution in [0, 0.1) is 10.1 Å². The number of aromatic nitrogens is 4. The van der Waals surface area contributed by atoms with Crippen molar-refractivity contribution in [2.75, 3.05) is 12.4 Å². The van der Waals surface area contributed by atoms with Crippen LogP contribution in [0.15, 0.2) is 36.8 Å². The van der Waals surface area contributed by atoms with E-state index in [1.54, 1.807) is 30.1 Å². The molecular weight excluding hydrogens is 260 g/mol. The Hall–Kier alpha value is -3.03. The van der Waals surface area contributed by atoms with E-state index in [-0.39, 0.29) is 5.69 Å². The molecule has 0 aliphatic heterocycles. The van der Waals surface area contributed by atoms with Gasteiger partial charge in [-0.05, 0) is 12.1 Å². The Kier molecular flexibility index (Phi) is 2.75. The lowest BCUT2D eigenvalue weighted by Crippen LogP contribution is -1.99. The van der Waals surface area contributed by atoms with Gasteiger partial charge >= 0.3 is 0 Å². The molecule has 2 heterocycles. The number of anilines is 1. The van der Waals surface area contributed by atoms with Crippen molar-refractivity contribution in [2.45, 2.75) is 0 Å². The fourth-order valence-electron chi connectivity index (χ4n) is 1.95. The summed E-state index contributed by atoms with van der Waals surface area (Å²) in [5.41, 5.74) is 1.38. The van der Waals surface area contributed by atoms with E-state index in [1.807, 2.05) is 0 Å². The van der Waals surface area contributed by atoms with Gasteiger partial charge in [0.2, 0.25) is 0 Å². The standard InChI is InChI=1S/C12H10N6O2/c1-13-11-10-6-16-17(12(10)15-7-14-11)8-2-4-9(5-3-8)18(19)20/h2-7H,1H3,(H,13,14,15). The van der Waals surface area contributed by atoms with Crippen LogP contribution in [0.1, 0.15) is 0 Å². The minimum absolute atomic E-state index is 0.0377. The first kappa shape index (κ1) is 12.0. The van der Waals surface area contributed by atoms with Gasteiger partial charge in [-0.25, -0.2) is 14.6 Å². The van der Waals surface area contributed by atoms with Gasteiger partial charge in [0.25, 0.3) is 5.69 Å². The van der Waals surface area contributed by atoms with Crippen LogP contribution in [0.5, 0.6) is 0 Å². The van der Waals surface area contributed by atoms with Crippen LogP contribution in [0.25, 0.3) is 16.7 Å². The SMILES string of the molecule is CNc1ncnc2c1cnn2-c1ccc([N+](=O)[O-])cc1. The number of hydrogen-bond acceptors (Lipinski definition) is 6. The first-order chi connectivity index (χ1) is 9.70. The van der Waals surface area contributed by atoms with Crippen molar-refractivity contribution in [3.8, 4) is 5.69 Å². The number of nitro benzene ring substituents is 1. The number of hydrogen-bond donors (Lipinski definition) is 1. The molecule has 20 heavy (non-hydrogen) atoms. The molecule has 0 atom stereocenters. The summed E-state index contributed by atoms with van der Waals surface area (Å²) in [6.07, 6.45) is 3.10.